The molecule has 24 heavy (non-hydrogen) atoms. The van der Waals surface area contributed by atoms with Crippen molar-refractivity contribution in [2.24, 2.45) is 0 Å². The number of pyridine rings is 1. The summed E-state index contributed by atoms with van der Waals surface area (Å²) in [6, 6.07) is 13.5. The van der Waals surface area contributed by atoms with Gasteiger partial charge in [0.1, 0.15) is 0 Å². The number of carbonyl (C=O) groups is 1. The van der Waals surface area contributed by atoms with Gasteiger partial charge in [-0.2, -0.15) is 0 Å². The number of aliphatic hydroxyl groups is 1. The molecule has 1 amide bonds. The van der Waals surface area contributed by atoms with Gasteiger partial charge in [-0.25, -0.2) is 0 Å². The van der Waals surface area contributed by atoms with Crippen LogP contribution in [0, 0.1) is 0 Å². The second kappa shape index (κ2) is 6.71. The van der Waals surface area contributed by atoms with Gasteiger partial charge in [0.05, 0.1) is 27.4 Å². The zero-order chi connectivity index (χ0) is 17.2. The molecule has 0 spiro atoms. The quantitative estimate of drug-likeness (QED) is 0.748. The van der Waals surface area contributed by atoms with Crippen molar-refractivity contribution in [3.63, 3.8) is 0 Å². The molecule has 0 aliphatic carbocycles. The molecule has 0 bridgehead atoms. The molecular formula is C19H20N2O2S. The smallest absolute Gasteiger partial charge is 0.253 e. The van der Waals surface area contributed by atoms with Gasteiger partial charge < -0.3 is 10.4 Å². The van der Waals surface area contributed by atoms with E-state index < -0.39 is 11.6 Å². The highest BCUT2D eigenvalue weighted by Crippen LogP contribution is 2.20. The molecule has 0 saturated carbocycles. The molecule has 0 aliphatic rings. The van der Waals surface area contributed by atoms with Crippen LogP contribution in [0.5, 0.6) is 0 Å². The Labute approximate surface area is 145 Å². The Morgan fingerprint density at radius 1 is 1.29 bits per heavy atom. The average Bonchev–Trinajstić information content (AvgIpc) is 3.03. The number of aromatic nitrogens is 1. The molecule has 3 rings (SSSR count). The summed E-state index contributed by atoms with van der Waals surface area (Å²) in [5.41, 5.74) is 1.68. The van der Waals surface area contributed by atoms with Crippen molar-refractivity contribution < 1.29 is 9.90 Å². The molecule has 1 atom stereocenters. The molecule has 0 aliphatic heterocycles. The van der Waals surface area contributed by atoms with Crippen molar-refractivity contribution >= 4 is 27.5 Å². The Morgan fingerprint density at radius 3 is 2.79 bits per heavy atom. The largest absolute Gasteiger partial charge is 0.390 e. The molecule has 3 aromatic rings. The number of nitrogens with zero attached hydrogens (tertiary/aromatic N) is 1. The molecule has 0 saturated heterocycles. The summed E-state index contributed by atoms with van der Waals surface area (Å²) >= 11 is 1.55. The van der Waals surface area contributed by atoms with Crippen LogP contribution in [0.1, 0.15) is 29.8 Å². The molecule has 2 N–H and O–H groups in total. The SMILES string of the molecule is CC(C)(NC(=O)c1cnc2ccsc2c1)C(O)Cc1ccccc1. The van der Waals surface area contributed by atoms with Gasteiger partial charge >= 0.3 is 0 Å². The van der Waals surface area contributed by atoms with Crippen molar-refractivity contribution in [2.45, 2.75) is 31.9 Å². The number of fused-ring (bicyclic) bond motifs is 1. The van der Waals surface area contributed by atoms with E-state index in [9.17, 15) is 9.90 Å². The van der Waals surface area contributed by atoms with Crippen LogP contribution in [0.15, 0.2) is 54.0 Å². The number of benzene rings is 1. The molecule has 5 heteroatoms. The summed E-state index contributed by atoms with van der Waals surface area (Å²) in [5.74, 6) is -0.227. The van der Waals surface area contributed by atoms with Gasteiger partial charge in [0.2, 0.25) is 0 Å². The zero-order valence-electron chi connectivity index (χ0n) is 13.7. The Kier molecular flexibility index (Phi) is 4.64. The van der Waals surface area contributed by atoms with Crippen molar-refractivity contribution in [1.82, 2.24) is 10.3 Å². The van der Waals surface area contributed by atoms with Gasteiger partial charge in [0.15, 0.2) is 0 Å². The predicted molar refractivity (Wildman–Crippen MR) is 97.3 cm³/mol. The summed E-state index contributed by atoms with van der Waals surface area (Å²) < 4.78 is 0.977. The Morgan fingerprint density at radius 2 is 2.04 bits per heavy atom. The highest BCUT2D eigenvalue weighted by atomic mass is 32.1. The van der Waals surface area contributed by atoms with Gasteiger partial charge in [-0.1, -0.05) is 30.3 Å². The monoisotopic (exact) mass is 340 g/mol. The lowest BCUT2D eigenvalue weighted by molar-refractivity contribution is 0.0638. The van der Waals surface area contributed by atoms with E-state index in [1.165, 1.54) is 0 Å². The van der Waals surface area contributed by atoms with Crippen LogP contribution >= 0.6 is 11.3 Å². The van der Waals surface area contributed by atoms with Crippen molar-refractivity contribution in [3.8, 4) is 0 Å². The number of carbonyl (C=O) groups excluding carboxylic acids is 1. The normalized spacial score (nSPS) is 13.0. The maximum absolute atomic E-state index is 12.5. The minimum atomic E-state index is -0.753. The summed E-state index contributed by atoms with van der Waals surface area (Å²) in [6.45, 7) is 3.66. The lowest BCUT2D eigenvalue weighted by Crippen LogP contribution is -2.53. The maximum Gasteiger partial charge on any atom is 0.253 e. The number of amides is 1. The van der Waals surface area contributed by atoms with Crippen LogP contribution < -0.4 is 5.32 Å². The van der Waals surface area contributed by atoms with E-state index in [0.717, 1.165) is 15.8 Å². The average molecular weight is 340 g/mol. The molecule has 2 aromatic heterocycles. The standard InChI is InChI=1S/C19H20N2O2S/c1-19(2,17(22)10-13-6-4-3-5-7-13)21-18(23)14-11-16-15(20-12-14)8-9-24-16/h3-9,11-12,17,22H,10H2,1-2H3,(H,21,23). The summed E-state index contributed by atoms with van der Waals surface area (Å²) in [5, 5.41) is 15.4. The highest BCUT2D eigenvalue weighted by Gasteiger charge is 2.30. The van der Waals surface area contributed by atoms with Crippen LogP contribution in [-0.2, 0) is 6.42 Å². The van der Waals surface area contributed by atoms with Gasteiger partial charge in [-0.05, 0) is 36.9 Å². The topological polar surface area (TPSA) is 62.2 Å². The van der Waals surface area contributed by atoms with Gasteiger partial charge in [0.25, 0.3) is 5.91 Å². The Hall–Kier alpha value is -2.24. The van der Waals surface area contributed by atoms with E-state index >= 15 is 0 Å². The molecule has 4 nitrogen and oxygen atoms in total. The van der Waals surface area contributed by atoms with Gasteiger partial charge in [0, 0.05) is 12.6 Å². The highest BCUT2D eigenvalue weighted by molar-refractivity contribution is 7.17. The third-order valence-electron chi connectivity index (χ3n) is 4.11. The van der Waals surface area contributed by atoms with E-state index in [4.69, 9.17) is 0 Å². The molecule has 1 unspecified atom stereocenters. The number of nitrogens with one attached hydrogen (secondary N) is 1. The first kappa shape index (κ1) is 16.6. The van der Waals surface area contributed by atoms with E-state index in [0.29, 0.717) is 12.0 Å². The molecule has 1 aromatic carbocycles. The Bertz CT molecular complexity index is 843. The summed E-state index contributed by atoms with van der Waals surface area (Å²) in [6.07, 6.45) is 1.36. The Balaban J connectivity index is 1.71. The van der Waals surface area contributed by atoms with Crippen LogP contribution in [0.3, 0.4) is 0 Å². The second-order valence-electron chi connectivity index (χ2n) is 6.41. The number of aliphatic hydroxyl groups excluding tert-OH is 1. The molecule has 0 fully saturated rings. The fourth-order valence-corrected chi connectivity index (χ4v) is 3.29. The van der Waals surface area contributed by atoms with Crippen LogP contribution in [0.2, 0.25) is 0 Å². The molecular weight excluding hydrogens is 320 g/mol. The third kappa shape index (κ3) is 3.63. The van der Waals surface area contributed by atoms with Crippen LogP contribution in [0.4, 0.5) is 0 Å². The number of hydrogen-bond donors (Lipinski definition) is 2. The third-order valence-corrected chi connectivity index (χ3v) is 4.96. The van der Waals surface area contributed by atoms with Crippen molar-refractivity contribution in [1.29, 1.82) is 0 Å². The predicted octanol–water partition coefficient (Wildman–Crippen LogP) is 3.41. The van der Waals surface area contributed by atoms with E-state index in [2.05, 4.69) is 10.3 Å². The van der Waals surface area contributed by atoms with Gasteiger partial charge in [-0.3, -0.25) is 9.78 Å². The lowest BCUT2D eigenvalue weighted by atomic mass is 9.91. The van der Waals surface area contributed by atoms with Crippen LogP contribution in [0.25, 0.3) is 10.2 Å². The van der Waals surface area contributed by atoms with Gasteiger partial charge in [-0.15, -0.1) is 11.3 Å². The maximum atomic E-state index is 12.5. The summed E-state index contributed by atoms with van der Waals surface area (Å²) in [7, 11) is 0. The second-order valence-corrected chi connectivity index (χ2v) is 7.36. The number of rotatable bonds is 5. The van der Waals surface area contributed by atoms with E-state index in [1.807, 2.05) is 61.7 Å². The first-order valence-corrected chi connectivity index (χ1v) is 8.71. The minimum absolute atomic E-state index is 0.227. The fraction of sp³-hybridized carbons (Fsp3) is 0.263. The van der Waals surface area contributed by atoms with E-state index in [1.54, 1.807) is 17.5 Å². The number of hydrogen-bond acceptors (Lipinski definition) is 4. The number of thiophene rings is 1. The zero-order valence-corrected chi connectivity index (χ0v) is 14.5. The van der Waals surface area contributed by atoms with E-state index in [-0.39, 0.29) is 5.91 Å². The molecule has 0 radical (unpaired) electrons. The van der Waals surface area contributed by atoms with Crippen molar-refractivity contribution in [2.75, 3.05) is 0 Å². The molecule has 2 heterocycles. The first-order valence-electron chi connectivity index (χ1n) is 7.83. The first-order chi connectivity index (χ1) is 11.5. The van der Waals surface area contributed by atoms with Crippen LogP contribution in [-0.4, -0.2) is 27.6 Å². The fourth-order valence-electron chi connectivity index (χ4n) is 2.51. The molecule has 124 valence electrons. The van der Waals surface area contributed by atoms with Crippen molar-refractivity contribution in [3.05, 3.63) is 65.2 Å². The lowest BCUT2D eigenvalue weighted by Gasteiger charge is -2.32. The summed E-state index contributed by atoms with van der Waals surface area (Å²) in [4.78, 5) is 16.8. The minimum Gasteiger partial charge on any atom is -0.390 e.